The van der Waals surface area contributed by atoms with E-state index in [9.17, 15) is 9.59 Å². The second-order valence-corrected chi connectivity index (χ2v) is 8.13. The molecule has 2 N–H and O–H groups in total. The number of hydrogen-bond acceptors (Lipinski definition) is 3. The summed E-state index contributed by atoms with van der Waals surface area (Å²) in [5.74, 6) is -0.391. The van der Waals surface area contributed by atoms with Crippen molar-refractivity contribution in [2.24, 2.45) is 0 Å². The molecule has 1 heterocycles. The predicted molar refractivity (Wildman–Crippen MR) is 133 cm³/mol. The topological polar surface area (TPSA) is 76.0 Å². The number of anilines is 2. The van der Waals surface area contributed by atoms with E-state index in [-0.39, 0.29) is 11.8 Å². The third kappa shape index (κ3) is 4.80. The molecule has 4 rings (SSSR count). The molecule has 0 bridgehead atoms. The van der Waals surface area contributed by atoms with Gasteiger partial charge in [0.1, 0.15) is 0 Å². The first-order valence-electron chi connectivity index (χ1n) is 11.2. The number of aryl methyl sites for hydroxylation is 2. The minimum atomic E-state index is -0.205. The molecular formula is C27H28N4O2. The molecule has 1 aromatic heterocycles. The molecule has 33 heavy (non-hydrogen) atoms. The first-order chi connectivity index (χ1) is 16.0. The van der Waals surface area contributed by atoms with Crippen LogP contribution in [0.15, 0.2) is 66.7 Å². The van der Waals surface area contributed by atoms with Crippen LogP contribution in [0.25, 0.3) is 10.8 Å². The highest BCUT2D eigenvalue weighted by molar-refractivity contribution is 6.13. The molecule has 0 saturated carbocycles. The van der Waals surface area contributed by atoms with E-state index in [2.05, 4.69) is 22.7 Å². The molecule has 0 aliphatic heterocycles. The fourth-order valence-electron chi connectivity index (χ4n) is 3.92. The number of nitrogens with zero attached hydrogens (tertiary/aromatic N) is 2. The SMILES string of the molecule is CCCCn1nc(C)c(NC(=O)c2ccc(NC(=O)c3cccc4ccccc34)cc2)c1C. The van der Waals surface area contributed by atoms with Gasteiger partial charge in [-0.15, -0.1) is 0 Å². The third-order valence-electron chi connectivity index (χ3n) is 5.78. The number of carbonyl (C=O) groups excluding carboxylic acids is 2. The van der Waals surface area contributed by atoms with Crippen molar-refractivity contribution in [3.8, 4) is 0 Å². The van der Waals surface area contributed by atoms with E-state index in [0.29, 0.717) is 16.8 Å². The Morgan fingerprint density at radius 1 is 0.879 bits per heavy atom. The Kier molecular flexibility index (Phi) is 6.54. The van der Waals surface area contributed by atoms with Crippen molar-refractivity contribution in [3.05, 3.63) is 89.2 Å². The average Bonchev–Trinajstić information content (AvgIpc) is 3.10. The van der Waals surface area contributed by atoms with Crippen molar-refractivity contribution in [2.45, 2.75) is 40.2 Å². The maximum Gasteiger partial charge on any atom is 0.256 e. The van der Waals surface area contributed by atoms with Gasteiger partial charge in [-0.2, -0.15) is 5.10 Å². The molecule has 6 nitrogen and oxygen atoms in total. The van der Waals surface area contributed by atoms with Crippen LogP contribution in [0.2, 0.25) is 0 Å². The van der Waals surface area contributed by atoms with E-state index in [1.807, 2.05) is 61.0 Å². The van der Waals surface area contributed by atoms with Crippen molar-refractivity contribution in [2.75, 3.05) is 10.6 Å². The number of amides is 2. The van der Waals surface area contributed by atoms with Crippen molar-refractivity contribution >= 4 is 34.0 Å². The molecule has 168 valence electrons. The molecule has 2 amide bonds. The molecule has 6 heteroatoms. The van der Waals surface area contributed by atoms with E-state index >= 15 is 0 Å². The average molecular weight is 441 g/mol. The third-order valence-corrected chi connectivity index (χ3v) is 5.78. The summed E-state index contributed by atoms with van der Waals surface area (Å²) >= 11 is 0. The fourth-order valence-corrected chi connectivity index (χ4v) is 3.92. The van der Waals surface area contributed by atoms with Crippen LogP contribution >= 0.6 is 0 Å². The first-order valence-corrected chi connectivity index (χ1v) is 11.2. The van der Waals surface area contributed by atoms with Crippen LogP contribution < -0.4 is 10.6 Å². The van der Waals surface area contributed by atoms with Crippen molar-refractivity contribution in [1.82, 2.24) is 9.78 Å². The van der Waals surface area contributed by atoms with Crippen LogP contribution in [0.4, 0.5) is 11.4 Å². The highest BCUT2D eigenvalue weighted by Crippen LogP contribution is 2.22. The van der Waals surface area contributed by atoms with Crippen LogP contribution in [0.5, 0.6) is 0 Å². The molecule has 0 aliphatic carbocycles. The highest BCUT2D eigenvalue weighted by Gasteiger charge is 2.16. The monoisotopic (exact) mass is 440 g/mol. The number of carbonyl (C=O) groups is 2. The zero-order chi connectivity index (χ0) is 23.4. The molecular weight excluding hydrogens is 412 g/mol. The number of hydrogen-bond donors (Lipinski definition) is 2. The molecule has 4 aromatic rings. The van der Waals surface area contributed by atoms with E-state index in [4.69, 9.17) is 0 Å². The number of rotatable bonds is 7. The zero-order valence-corrected chi connectivity index (χ0v) is 19.2. The lowest BCUT2D eigenvalue weighted by Crippen LogP contribution is -2.14. The van der Waals surface area contributed by atoms with Gasteiger partial charge in [0.25, 0.3) is 11.8 Å². The molecule has 0 unspecified atom stereocenters. The van der Waals surface area contributed by atoms with E-state index in [1.165, 1.54) is 0 Å². The minimum absolute atomic E-state index is 0.185. The van der Waals surface area contributed by atoms with Gasteiger partial charge in [-0.1, -0.05) is 49.7 Å². The Balaban J connectivity index is 1.46. The van der Waals surface area contributed by atoms with Crippen LogP contribution in [0.1, 0.15) is 51.9 Å². The summed E-state index contributed by atoms with van der Waals surface area (Å²) in [6.45, 7) is 6.85. The normalized spacial score (nSPS) is 10.9. The molecule has 0 aliphatic rings. The van der Waals surface area contributed by atoms with Crippen molar-refractivity contribution < 1.29 is 9.59 Å². The van der Waals surface area contributed by atoms with Crippen LogP contribution in [-0.2, 0) is 6.54 Å². The molecule has 0 radical (unpaired) electrons. The number of aromatic nitrogens is 2. The highest BCUT2D eigenvalue weighted by atomic mass is 16.2. The summed E-state index contributed by atoms with van der Waals surface area (Å²) in [6, 6.07) is 20.4. The summed E-state index contributed by atoms with van der Waals surface area (Å²) in [5, 5.41) is 12.4. The second-order valence-electron chi connectivity index (χ2n) is 8.13. The van der Waals surface area contributed by atoms with Gasteiger partial charge in [0.2, 0.25) is 0 Å². The maximum absolute atomic E-state index is 12.8. The van der Waals surface area contributed by atoms with Crippen LogP contribution in [0, 0.1) is 13.8 Å². The number of nitrogens with one attached hydrogen (secondary N) is 2. The summed E-state index contributed by atoms with van der Waals surface area (Å²) in [5.41, 5.74) is 4.26. The fraction of sp³-hybridized carbons (Fsp3) is 0.222. The molecule has 0 saturated heterocycles. The molecule has 0 fully saturated rings. The summed E-state index contributed by atoms with van der Waals surface area (Å²) in [4.78, 5) is 25.6. The summed E-state index contributed by atoms with van der Waals surface area (Å²) in [7, 11) is 0. The number of unbranched alkanes of at least 4 members (excludes halogenated alkanes) is 1. The number of fused-ring (bicyclic) bond motifs is 1. The van der Waals surface area contributed by atoms with Gasteiger partial charge < -0.3 is 10.6 Å². The van der Waals surface area contributed by atoms with Crippen LogP contribution in [0.3, 0.4) is 0 Å². The van der Waals surface area contributed by atoms with Gasteiger partial charge in [-0.3, -0.25) is 14.3 Å². The maximum atomic E-state index is 12.8. The zero-order valence-electron chi connectivity index (χ0n) is 19.2. The molecule has 0 atom stereocenters. The smallest absolute Gasteiger partial charge is 0.256 e. The lowest BCUT2D eigenvalue weighted by Gasteiger charge is -2.10. The Morgan fingerprint density at radius 2 is 1.61 bits per heavy atom. The van der Waals surface area contributed by atoms with Gasteiger partial charge >= 0.3 is 0 Å². The summed E-state index contributed by atoms with van der Waals surface area (Å²) < 4.78 is 1.94. The van der Waals surface area contributed by atoms with Gasteiger partial charge in [-0.05, 0) is 61.4 Å². The summed E-state index contributed by atoms with van der Waals surface area (Å²) in [6.07, 6.45) is 2.13. The van der Waals surface area contributed by atoms with Crippen molar-refractivity contribution in [1.29, 1.82) is 0 Å². The second kappa shape index (κ2) is 9.69. The van der Waals surface area contributed by atoms with Crippen molar-refractivity contribution in [3.63, 3.8) is 0 Å². The largest absolute Gasteiger partial charge is 0.322 e. The quantitative estimate of drug-likeness (QED) is 0.372. The predicted octanol–water partition coefficient (Wildman–Crippen LogP) is 5.96. The van der Waals surface area contributed by atoms with E-state index < -0.39 is 0 Å². The Hall–Kier alpha value is -3.93. The van der Waals surface area contributed by atoms with Gasteiger partial charge in [0.15, 0.2) is 0 Å². The number of benzene rings is 3. The standard InChI is InChI=1S/C27H28N4O2/c1-4-5-17-31-19(3)25(18(2)30-31)29-26(32)21-13-15-22(16-14-21)28-27(33)24-12-8-10-20-9-6-7-11-23(20)24/h6-16H,4-5,17H2,1-3H3,(H,28,33)(H,29,32). The lowest BCUT2D eigenvalue weighted by molar-refractivity contribution is 0.102. The van der Waals surface area contributed by atoms with E-state index in [1.54, 1.807) is 24.3 Å². The lowest BCUT2D eigenvalue weighted by atomic mass is 10.0. The Morgan fingerprint density at radius 3 is 2.36 bits per heavy atom. The molecule has 0 spiro atoms. The van der Waals surface area contributed by atoms with Gasteiger partial charge in [-0.25, -0.2) is 0 Å². The Bertz CT molecular complexity index is 1300. The van der Waals surface area contributed by atoms with Gasteiger partial charge in [0.05, 0.1) is 17.1 Å². The molecule has 3 aromatic carbocycles. The van der Waals surface area contributed by atoms with E-state index in [0.717, 1.165) is 47.2 Å². The minimum Gasteiger partial charge on any atom is -0.322 e. The Labute approximate surface area is 193 Å². The van der Waals surface area contributed by atoms with Gasteiger partial charge in [0, 0.05) is 23.4 Å². The first kappa shape index (κ1) is 22.3. The van der Waals surface area contributed by atoms with Crippen LogP contribution in [-0.4, -0.2) is 21.6 Å².